The first-order valence-corrected chi connectivity index (χ1v) is 10.6. The van der Waals surface area contributed by atoms with E-state index in [9.17, 15) is 4.79 Å². The number of ether oxygens (including phenoxy) is 1. The van der Waals surface area contributed by atoms with Crippen molar-refractivity contribution in [3.8, 4) is 17.2 Å². The number of fused-ring (bicyclic) bond motifs is 1. The molecule has 1 heterocycles. The number of anilines is 1. The second kappa shape index (κ2) is 9.07. The summed E-state index contributed by atoms with van der Waals surface area (Å²) in [5.74, 6) is 0.635. The van der Waals surface area contributed by atoms with Crippen LogP contribution >= 0.6 is 23.2 Å². The molecule has 0 atom stereocenters. The average molecular weight is 467 g/mol. The highest BCUT2D eigenvalue weighted by atomic mass is 35.5. The van der Waals surface area contributed by atoms with Crippen molar-refractivity contribution in [2.75, 3.05) is 12.4 Å². The summed E-state index contributed by atoms with van der Waals surface area (Å²) in [6.45, 7) is 3.92. The first-order valence-electron chi connectivity index (χ1n) is 9.84. The quantitative estimate of drug-likeness (QED) is 0.319. The van der Waals surface area contributed by atoms with Gasteiger partial charge in [0.05, 0.1) is 12.1 Å². The van der Waals surface area contributed by atoms with Gasteiger partial charge >= 0.3 is 0 Å². The molecule has 0 aliphatic heterocycles. The van der Waals surface area contributed by atoms with E-state index in [-0.39, 0.29) is 5.91 Å². The van der Waals surface area contributed by atoms with E-state index in [0.29, 0.717) is 32.9 Å². The third-order valence-electron chi connectivity index (χ3n) is 4.94. The highest BCUT2D eigenvalue weighted by Crippen LogP contribution is 2.33. The maximum atomic E-state index is 12.6. The molecule has 0 saturated heterocycles. The molecule has 162 valence electrons. The lowest BCUT2D eigenvalue weighted by Gasteiger charge is -2.09. The number of carbonyl (C=O) groups excluding carboxylic acids is 1. The van der Waals surface area contributed by atoms with Gasteiger partial charge in [-0.15, -0.1) is 0 Å². The van der Waals surface area contributed by atoms with Crippen molar-refractivity contribution in [2.45, 2.75) is 13.8 Å². The number of nitrogens with one attached hydrogen (secondary N) is 1. The van der Waals surface area contributed by atoms with Crippen molar-refractivity contribution < 1.29 is 13.9 Å². The van der Waals surface area contributed by atoms with Crippen molar-refractivity contribution in [1.29, 1.82) is 0 Å². The number of halogens is 2. The molecular formula is C25H20Cl2N2O3. The van der Waals surface area contributed by atoms with Crippen molar-refractivity contribution in [1.82, 2.24) is 4.98 Å². The summed E-state index contributed by atoms with van der Waals surface area (Å²) in [6.07, 6.45) is 3.01. The number of oxazole rings is 1. The van der Waals surface area contributed by atoms with Gasteiger partial charge < -0.3 is 14.5 Å². The molecule has 0 fully saturated rings. The minimum atomic E-state index is -0.309. The zero-order valence-electron chi connectivity index (χ0n) is 17.7. The molecule has 1 aromatic heterocycles. The molecule has 0 aliphatic carbocycles. The number of aromatic nitrogens is 1. The van der Waals surface area contributed by atoms with Gasteiger partial charge in [-0.2, -0.15) is 0 Å². The molecule has 1 N–H and O–H groups in total. The molecule has 0 bridgehead atoms. The molecule has 0 radical (unpaired) electrons. The molecule has 1 amide bonds. The number of methoxy groups -OCH3 is 1. The molecule has 0 aliphatic rings. The number of benzene rings is 3. The molecule has 0 spiro atoms. The minimum Gasteiger partial charge on any atom is -0.495 e. The molecule has 4 aromatic rings. The van der Waals surface area contributed by atoms with Gasteiger partial charge in [0.1, 0.15) is 11.3 Å². The van der Waals surface area contributed by atoms with E-state index in [2.05, 4.69) is 10.3 Å². The Morgan fingerprint density at radius 1 is 1.09 bits per heavy atom. The van der Waals surface area contributed by atoms with Crippen LogP contribution in [0.25, 0.3) is 28.6 Å². The van der Waals surface area contributed by atoms with E-state index in [0.717, 1.165) is 27.8 Å². The first-order chi connectivity index (χ1) is 15.3. The molecular weight excluding hydrogens is 447 g/mol. The standard InChI is InChI=1S/C25H20Cl2N2O3/c1-14-4-8-20-22(10-14)32-25(29-20)17-6-5-15(2)21(12-17)28-23(30)9-7-16-11-18(26)13-19(27)24(16)31-3/h4-13H,1-3H3,(H,28,30)/b9-7+. The van der Waals surface area contributed by atoms with Crippen LogP contribution in [0.2, 0.25) is 10.0 Å². The molecule has 0 unspecified atom stereocenters. The van der Waals surface area contributed by atoms with Crippen LogP contribution in [-0.4, -0.2) is 18.0 Å². The number of carbonyl (C=O) groups is 1. The smallest absolute Gasteiger partial charge is 0.248 e. The summed E-state index contributed by atoms with van der Waals surface area (Å²) >= 11 is 12.2. The fourth-order valence-corrected chi connectivity index (χ4v) is 3.89. The van der Waals surface area contributed by atoms with Gasteiger partial charge in [0, 0.05) is 27.9 Å². The van der Waals surface area contributed by atoms with Gasteiger partial charge in [0.15, 0.2) is 5.58 Å². The lowest BCUT2D eigenvalue weighted by molar-refractivity contribution is -0.111. The Morgan fingerprint density at radius 2 is 1.91 bits per heavy atom. The van der Waals surface area contributed by atoms with Gasteiger partial charge in [-0.1, -0.05) is 35.3 Å². The van der Waals surface area contributed by atoms with Gasteiger partial charge in [-0.05, 0) is 67.4 Å². The van der Waals surface area contributed by atoms with Gasteiger partial charge in [-0.25, -0.2) is 4.98 Å². The highest BCUT2D eigenvalue weighted by Gasteiger charge is 2.12. The van der Waals surface area contributed by atoms with Crippen molar-refractivity contribution in [2.24, 2.45) is 0 Å². The Hall–Kier alpha value is -3.28. The van der Waals surface area contributed by atoms with E-state index >= 15 is 0 Å². The zero-order chi connectivity index (χ0) is 22.8. The molecule has 32 heavy (non-hydrogen) atoms. The van der Waals surface area contributed by atoms with Crippen molar-refractivity contribution in [3.05, 3.63) is 81.3 Å². The van der Waals surface area contributed by atoms with Crippen molar-refractivity contribution in [3.63, 3.8) is 0 Å². The number of hydrogen-bond donors (Lipinski definition) is 1. The van der Waals surface area contributed by atoms with Gasteiger partial charge in [-0.3, -0.25) is 4.79 Å². The molecule has 4 rings (SSSR count). The predicted molar refractivity (Wildman–Crippen MR) is 130 cm³/mol. The van der Waals surface area contributed by atoms with Crippen LogP contribution in [0, 0.1) is 13.8 Å². The van der Waals surface area contributed by atoms with Gasteiger partial charge in [0.2, 0.25) is 11.8 Å². The Kier molecular flexibility index (Phi) is 6.21. The van der Waals surface area contributed by atoms with E-state index < -0.39 is 0 Å². The Labute approximate surface area is 195 Å². The maximum absolute atomic E-state index is 12.6. The summed E-state index contributed by atoms with van der Waals surface area (Å²) in [4.78, 5) is 17.1. The SMILES string of the molecule is COc1c(Cl)cc(Cl)cc1/C=C/C(=O)Nc1cc(-c2nc3ccc(C)cc3o2)ccc1C. The topological polar surface area (TPSA) is 64.4 Å². The average Bonchev–Trinajstić information content (AvgIpc) is 3.16. The zero-order valence-corrected chi connectivity index (χ0v) is 19.2. The van der Waals surface area contributed by atoms with E-state index in [1.165, 1.54) is 13.2 Å². The first kappa shape index (κ1) is 21.9. The second-order valence-electron chi connectivity index (χ2n) is 7.35. The lowest BCUT2D eigenvalue weighted by atomic mass is 10.1. The predicted octanol–water partition coefficient (Wildman–Crippen LogP) is 7.08. The Bertz CT molecular complexity index is 1360. The summed E-state index contributed by atoms with van der Waals surface area (Å²) < 4.78 is 11.2. The number of aryl methyl sites for hydroxylation is 2. The largest absolute Gasteiger partial charge is 0.495 e. The number of rotatable bonds is 5. The molecule has 5 nitrogen and oxygen atoms in total. The maximum Gasteiger partial charge on any atom is 0.248 e. The highest BCUT2D eigenvalue weighted by molar-refractivity contribution is 6.36. The van der Waals surface area contributed by atoms with Crippen LogP contribution in [-0.2, 0) is 4.79 Å². The Morgan fingerprint density at radius 3 is 2.69 bits per heavy atom. The second-order valence-corrected chi connectivity index (χ2v) is 8.20. The fourth-order valence-electron chi connectivity index (χ4n) is 3.30. The third-order valence-corrected chi connectivity index (χ3v) is 5.44. The van der Waals surface area contributed by atoms with Crippen LogP contribution in [0.15, 0.2) is 59.0 Å². The summed E-state index contributed by atoms with van der Waals surface area (Å²) in [5, 5.41) is 3.72. The van der Waals surface area contributed by atoms with Crippen LogP contribution in [0.3, 0.4) is 0 Å². The van der Waals surface area contributed by atoms with Crippen LogP contribution < -0.4 is 10.1 Å². The third kappa shape index (κ3) is 4.64. The van der Waals surface area contributed by atoms with Crippen LogP contribution in [0.1, 0.15) is 16.7 Å². The fraction of sp³-hybridized carbons (Fsp3) is 0.120. The van der Waals surface area contributed by atoms with E-state index in [4.69, 9.17) is 32.4 Å². The van der Waals surface area contributed by atoms with E-state index in [1.54, 1.807) is 18.2 Å². The molecule has 0 saturated carbocycles. The Balaban J connectivity index is 1.58. The monoisotopic (exact) mass is 466 g/mol. The van der Waals surface area contributed by atoms with Crippen LogP contribution in [0.4, 0.5) is 5.69 Å². The van der Waals surface area contributed by atoms with Crippen LogP contribution in [0.5, 0.6) is 5.75 Å². The number of nitrogens with zero attached hydrogens (tertiary/aromatic N) is 1. The number of hydrogen-bond acceptors (Lipinski definition) is 4. The van der Waals surface area contributed by atoms with Gasteiger partial charge in [0.25, 0.3) is 0 Å². The molecule has 3 aromatic carbocycles. The summed E-state index contributed by atoms with van der Waals surface area (Å²) in [5.41, 5.74) is 5.55. The number of amides is 1. The summed E-state index contributed by atoms with van der Waals surface area (Å²) in [6, 6.07) is 14.8. The van der Waals surface area contributed by atoms with Crippen molar-refractivity contribution >= 4 is 52.0 Å². The normalized spacial score (nSPS) is 11.3. The molecule has 7 heteroatoms. The summed E-state index contributed by atoms with van der Waals surface area (Å²) in [7, 11) is 1.51. The lowest BCUT2D eigenvalue weighted by Crippen LogP contribution is -2.09. The minimum absolute atomic E-state index is 0.309. The van der Waals surface area contributed by atoms with E-state index in [1.807, 2.05) is 50.2 Å².